The predicted molar refractivity (Wildman–Crippen MR) is 123 cm³/mol. The van der Waals surface area contributed by atoms with Gasteiger partial charge >= 0.3 is 0 Å². The van der Waals surface area contributed by atoms with E-state index in [1.54, 1.807) is 0 Å². The maximum atomic E-state index is 8.80. The Morgan fingerprint density at radius 1 is 1.07 bits per heavy atom. The molecular weight excluding hydrogens is 362 g/mol. The van der Waals surface area contributed by atoms with E-state index in [2.05, 4.69) is 84.7 Å². The zero-order chi connectivity index (χ0) is 19.9. The van der Waals surface area contributed by atoms with Gasteiger partial charge in [0.25, 0.3) is 0 Å². The van der Waals surface area contributed by atoms with Gasteiger partial charge in [-0.3, -0.25) is 5.41 Å². The molecule has 3 rings (SSSR count). The zero-order valence-corrected chi connectivity index (χ0v) is 17.9. The first-order chi connectivity index (χ1) is 13.5. The summed E-state index contributed by atoms with van der Waals surface area (Å²) in [6.45, 7) is 7.06. The molecule has 0 radical (unpaired) electrons. The smallest absolute Gasteiger partial charge is 0.0961 e. The number of hydrogen-bond acceptors (Lipinski definition) is 3. The Morgan fingerprint density at radius 2 is 1.64 bits per heavy atom. The van der Waals surface area contributed by atoms with Crippen LogP contribution in [0.3, 0.4) is 0 Å². The van der Waals surface area contributed by atoms with E-state index in [4.69, 9.17) is 18.0 Å². The number of rotatable bonds is 8. The molecule has 2 unspecified atom stereocenters. The summed E-state index contributed by atoms with van der Waals surface area (Å²) in [5.74, 6) is 1.46. The normalized spacial score (nSPS) is 19.3. The third-order valence-electron chi connectivity index (χ3n) is 5.52. The Kier molecular flexibility index (Phi) is 7.57. The van der Waals surface area contributed by atoms with Crippen LogP contribution in [0.2, 0.25) is 0 Å². The number of thiol groups is 1. The van der Waals surface area contributed by atoms with Crippen LogP contribution >= 0.6 is 12.6 Å². The second kappa shape index (κ2) is 10.1. The van der Waals surface area contributed by atoms with Gasteiger partial charge in [0.1, 0.15) is 0 Å². The van der Waals surface area contributed by atoms with E-state index in [0.717, 1.165) is 38.3 Å². The minimum atomic E-state index is 0.245. The molecule has 1 aliphatic rings. The lowest BCUT2D eigenvalue weighted by Gasteiger charge is -2.34. The van der Waals surface area contributed by atoms with Crippen molar-refractivity contribution in [3.8, 4) is 0 Å². The summed E-state index contributed by atoms with van der Waals surface area (Å²) in [5, 5.41) is 12.7. The summed E-state index contributed by atoms with van der Waals surface area (Å²) in [5.41, 5.74) is 2.61. The Morgan fingerprint density at radius 3 is 2.11 bits per heavy atom. The predicted octanol–water partition coefficient (Wildman–Crippen LogP) is 4.80. The van der Waals surface area contributed by atoms with Crippen molar-refractivity contribution in [3.63, 3.8) is 0 Å². The van der Waals surface area contributed by atoms with E-state index < -0.39 is 0 Å². The maximum absolute atomic E-state index is 8.80. The van der Waals surface area contributed by atoms with Crippen molar-refractivity contribution in [1.29, 1.82) is 5.41 Å². The minimum Gasteiger partial charge on any atom is -0.358 e. The molecule has 1 saturated heterocycles. The van der Waals surface area contributed by atoms with Crippen molar-refractivity contribution in [2.24, 2.45) is 5.92 Å². The molecular formula is C24H33N3S. The molecule has 3 nitrogen and oxygen atoms in total. The monoisotopic (exact) mass is 395 g/mol. The summed E-state index contributed by atoms with van der Waals surface area (Å²) >= 11 is 4.77. The van der Waals surface area contributed by atoms with E-state index in [1.165, 1.54) is 11.1 Å². The van der Waals surface area contributed by atoms with Crippen LogP contribution in [0.25, 0.3) is 0 Å². The third-order valence-corrected chi connectivity index (χ3v) is 6.14. The molecule has 2 aromatic rings. The fraction of sp³-hybridized carbons (Fsp3) is 0.458. The van der Waals surface area contributed by atoms with Gasteiger partial charge in [0.05, 0.1) is 5.84 Å². The summed E-state index contributed by atoms with van der Waals surface area (Å²) in [7, 11) is 0. The molecule has 1 heterocycles. The van der Waals surface area contributed by atoms with Crippen LogP contribution in [0.15, 0.2) is 60.7 Å². The van der Waals surface area contributed by atoms with Gasteiger partial charge in [-0.1, -0.05) is 74.5 Å². The Labute approximate surface area is 175 Å². The fourth-order valence-corrected chi connectivity index (χ4v) is 4.31. The molecule has 2 N–H and O–H groups in total. The second-order valence-corrected chi connectivity index (χ2v) is 8.90. The van der Waals surface area contributed by atoms with E-state index in [-0.39, 0.29) is 5.92 Å². The highest BCUT2D eigenvalue weighted by molar-refractivity contribution is 7.81. The largest absolute Gasteiger partial charge is 0.358 e. The zero-order valence-electron chi connectivity index (χ0n) is 17.0. The average molecular weight is 396 g/mol. The molecule has 0 amide bonds. The van der Waals surface area contributed by atoms with Crippen LogP contribution in [0.5, 0.6) is 0 Å². The first kappa shape index (κ1) is 20.9. The molecule has 0 bridgehead atoms. The second-order valence-electron chi connectivity index (χ2n) is 8.24. The van der Waals surface area contributed by atoms with Crippen molar-refractivity contribution in [2.45, 2.75) is 43.9 Å². The minimum absolute atomic E-state index is 0.245. The number of nitrogens with one attached hydrogen (secondary N) is 2. The van der Waals surface area contributed by atoms with Crippen LogP contribution in [0, 0.1) is 11.3 Å². The molecule has 0 aromatic heterocycles. The molecule has 4 heteroatoms. The lowest BCUT2D eigenvalue weighted by Crippen LogP contribution is -2.45. The van der Waals surface area contributed by atoms with Gasteiger partial charge in [0.15, 0.2) is 0 Å². The number of nitrogens with zero attached hydrogens (tertiary/aromatic N) is 1. The van der Waals surface area contributed by atoms with Gasteiger partial charge in [0.2, 0.25) is 0 Å². The van der Waals surface area contributed by atoms with Crippen molar-refractivity contribution < 1.29 is 0 Å². The molecule has 1 fully saturated rings. The fourth-order valence-electron chi connectivity index (χ4n) is 3.98. The molecule has 2 aromatic carbocycles. The quantitative estimate of drug-likeness (QED) is 0.341. The van der Waals surface area contributed by atoms with Crippen LogP contribution in [-0.4, -0.2) is 41.7 Å². The first-order valence-electron chi connectivity index (χ1n) is 10.4. The number of benzene rings is 2. The van der Waals surface area contributed by atoms with Gasteiger partial charge < -0.3 is 10.2 Å². The summed E-state index contributed by atoms with van der Waals surface area (Å²) in [4.78, 5) is 2.29. The topological polar surface area (TPSA) is 39.1 Å². The summed E-state index contributed by atoms with van der Waals surface area (Å²) < 4.78 is 0. The lowest BCUT2D eigenvalue weighted by atomic mass is 9.90. The van der Waals surface area contributed by atoms with Crippen LogP contribution in [0.4, 0.5) is 0 Å². The average Bonchev–Trinajstić information content (AvgIpc) is 3.10. The number of amidine groups is 1. The van der Waals surface area contributed by atoms with E-state index in [1.807, 2.05) is 0 Å². The van der Waals surface area contributed by atoms with Crippen LogP contribution in [0.1, 0.15) is 43.7 Å². The molecule has 150 valence electrons. The van der Waals surface area contributed by atoms with Gasteiger partial charge in [-0.25, -0.2) is 0 Å². The SMILES string of the molecule is CC(C)CC(=N)N(CC(c1ccccc1)c1ccccc1)CC1NCCC1S. The van der Waals surface area contributed by atoms with Gasteiger partial charge in [-0.2, -0.15) is 12.6 Å². The molecule has 0 aliphatic carbocycles. The Hall–Kier alpha value is -1.78. The van der Waals surface area contributed by atoms with Crippen molar-refractivity contribution in [3.05, 3.63) is 71.8 Å². The van der Waals surface area contributed by atoms with Crippen molar-refractivity contribution in [2.75, 3.05) is 19.6 Å². The third kappa shape index (κ3) is 5.62. The molecule has 1 aliphatic heterocycles. The van der Waals surface area contributed by atoms with E-state index in [0.29, 0.717) is 17.2 Å². The summed E-state index contributed by atoms with van der Waals surface area (Å²) in [6, 6.07) is 21.7. The first-order valence-corrected chi connectivity index (χ1v) is 10.9. The van der Waals surface area contributed by atoms with Crippen molar-refractivity contribution in [1.82, 2.24) is 10.2 Å². The van der Waals surface area contributed by atoms with E-state index in [9.17, 15) is 0 Å². The van der Waals surface area contributed by atoms with Gasteiger partial charge in [0, 0.05) is 36.7 Å². The molecule has 2 atom stereocenters. The molecule has 0 spiro atoms. The van der Waals surface area contributed by atoms with Gasteiger partial charge in [-0.05, 0) is 30.0 Å². The number of hydrogen-bond donors (Lipinski definition) is 3. The van der Waals surface area contributed by atoms with Gasteiger partial charge in [-0.15, -0.1) is 0 Å². The van der Waals surface area contributed by atoms with Crippen LogP contribution < -0.4 is 5.32 Å². The Balaban J connectivity index is 1.86. The highest BCUT2D eigenvalue weighted by Crippen LogP contribution is 2.27. The highest BCUT2D eigenvalue weighted by atomic mass is 32.1. The van der Waals surface area contributed by atoms with E-state index >= 15 is 0 Å². The maximum Gasteiger partial charge on any atom is 0.0961 e. The van der Waals surface area contributed by atoms with Crippen molar-refractivity contribution >= 4 is 18.5 Å². The van der Waals surface area contributed by atoms with Crippen LogP contribution in [-0.2, 0) is 0 Å². The Bertz CT molecular complexity index is 693. The standard InChI is InChI=1S/C24H33N3S/c1-18(2)15-24(25)27(17-22-23(28)13-14-26-22)16-21(19-9-5-3-6-10-19)20-11-7-4-8-12-20/h3-12,18,21-23,25-26,28H,13-17H2,1-2H3. The molecule has 0 saturated carbocycles. The summed E-state index contributed by atoms with van der Waals surface area (Å²) in [6.07, 6.45) is 1.90. The lowest BCUT2D eigenvalue weighted by molar-refractivity contribution is 0.348. The molecule has 28 heavy (non-hydrogen) atoms. The highest BCUT2D eigenvalue weighted by Gasteiger charge is 2.28.